The number of anilines is 1. The fourth-order valence-electron chi connectivity index (χ4n) is 2.22. The number of nitrogens with one attached hydrogen (secondary N) is 1. The second-order valence-corrected chi connectivity index (χ2v) is 5.48. The molecular formula is C14H16N2OS. The minimum Gasteiger partial charge on any atom is -0.382 e. The van der Waals surface area contributed by atoms with Gasteiger partial charge in [-0.25, -0.2) is 4.98 Å². The third-order valence-corrected chi connectivity index (χ3v) is 4.16. The van der Waals surface area contributed by atoms with E-state index in [2.05, 4.69) is 34.6 Å². The van der Waals surface area contributed by atoms with Gasteiger partial charge in [0.2, 0.25) is 0 Å². The molecule has 0 atom stereocenters. The van der Waals surface area contributed by atoms with Crippen LogP contribution < -0.4 is 5.32 Å². The van der Waals surface area contributed by atoms with Crippen molar-refractivity contribution in [2.45, 2.75) is 25.0 Å². The predicted molar refractivity (Wildman–Crippen MR) is 75.0 cm³/mol. The fourth-order valence-corrected chi connectivity index (χ4v) is 2.86. The predicted octanol–water partition coefficient (Wildman–Crippen LogP) is 3.40. The second kappa shape index (κ2) is 5.08. The molecule has 0 aliphatic heterocycles. The summed E-state index contributed by atoms with van der Waals surface area (Å²) >= 11 is 1.67. The maximum atomic E-state index is 5.29. The zero-order valence-electron chi connectivity index (χ0n) is 10.3. The molecule has 18 heavy (non-hydrogen) atoms. The molecule has 1 fully saturated rings. The lowest BCUT2D eigenvalue weighted by atomic mass is 9.89. The quantitative estimate of drug-likeness (QED) is 0.915. The molecule has 4 heteroatoms. The van der Waals surface area contributed by atoms with E-state index in [9.17, 15) is 0 Å². The van der Waals surface area contributed by atoms with Crippen molar-refractivity contribution in [2.24, 2.45) is 0 Å². The Morgan fingerprint density at radius 1 is 1.39 bits per heavy atom. The standard InChI is InChI=1S/C14H16N2OS/c1-17-13-8-12(9-13)16-11-4-2-3-10(7-11)14-15-5-6-18-14/h2-7,12-13,16H,8-9H2,1H3. The molecule has 0 unspecified atom stereocenters. The van der Waals surface area contributed by atoms with Crippen LogP contribution in [0.4, 0.5) is 5.69 Å². The number of methoxy groups -OCH3 is 1. The van der Waals surface area contributed by atoms with Gasteiger partial charge in [0.1, 0.15) is 5.01 Å². The minimum atomic E-state index is 0.435. The Morgan fingerprint density at radius 3 is 3.00 bits per heavy atom. The number of hydrogen-bond donors (Lipinski definition) is 1. The molecule has 1 saturated carbocycles. The average Bonchev–Trinajstić information content (AvgIpc) is 2.87. The Morgan fingerprint density at radius 2 is 2.28 bits per heavy atom. The van der Waals surface area contributed by atoms with Crippen LogP contribution in [0.25, 0.3) is 10.6 Å². The first-order valence-electron chi connectivity index (χ1n) is 6.14. The largest absolute Gasteiger partial charge is 0.382 e. The molecule has 0 radical (unpaired) electrons. The van der Waals surface area contributed by atoms with Crippen molar-refractivity contribution in [2.75, 3.05) is 12.4 Å². The van der Waals surface area contributed by atoms with Crippen LogP contribution >= 0.6 is 11.3 Å². The molecule has 3 nitrogen and oxygen atoms in total. The first-order chi connectivity index (χ1) is 8.85. The summed E-state index contributed by atoms with van der Waals surface area (Å²) in [5, 5.41) is 6.62. The van der Waals surface area contributed by atoms with E-state index in [-0.39, 0.29) is 0 Å². The minimum absolute atomic E-state index is 0.435. The summed E-state index contributed by atoms with van der Waals surface area (Å²) in [7, 11) is 1.78. The van der Waals surface area contributed by atoms with Gasteiger partial charge in [0.15, 0.2) is 0 Å². The highest BCUT2D eigenvalue weighted by atomic mass is 32.1. The summed E-state index contributed by atoms with van der Waals surface area (Å²) in [6.45, 7) is 0. The van der Waals surface area contributed by atoms with Crippen molar-refractivity contribution in [1.82, 2.24) is 4.98 Å². The lowest BCUT2D eigenvalue weighted by Gasteiger charge is -2.35. The lowest BCUT2D eigenvalue weighted by molar-refractivity contribution is 0.0329. The number of rotatable bonds is 4. The van der Waals surface area contributed by atoms with Crippen molar-refractivity contribution >= 4 is 17.0 Å². The maximum absolute atomic E-state index is 5.29. The number of hydrogen-bond acceptors (Lipinski definition) is 4. The summed E-state index contributed by atoms with van der Waals surface area (Å²) in [5.41, 5.74) is 2.35. The van der Waals surface area contributed by atoms with Gasteiger partial charge in [0.05, 0.1) is 6.10 Å². The summed E-state index contributed by atoms with van der Waals surface area (Å²) in [5.74, 6) is 0. The van der Waals surface area contributed by atoms with E-state index in [0.717, 1.165) is 17.8 Å². The molecule has 0 bridgehead atoms. The van der Waals surface area contributed by atoms with Crippen LogP contribution in [0.5, 0.6) is 0 Å². The Labute approximate surface area is 111 Å². The Hall–Kier alpha value is -1.39. The number of aromatic nitrogens is 1. The van der Waals surface area contributed by atoms with Crippen LogP contribution in [0.1, 0.15) is 12.8 Å². The molecule has 1 aliphatic rings. The molecule has 1 aliphatic carbocycles. The molecule has 3 rings (SSSR count). The van der Waals surface area contributed by atoms with Gasteiger partial charge in [0, 0.05) is 36.0 Å². The second-order valence-electron chi connectivity index (χ2n) is 4.59. The van der Waals surface area contributed by atoms with E-state index in [1.54, 1.807) is 18.4 Å². The first kappa shape index (κ1) is 11.7. The third-order valence-electron chi connectivity index (χ3n) is 3.34. The first-order valence-corrected chi connectivity index (χ1v) is 7.02. The van der Waals surface area contributed by atoms with Gasteiger partial charge in [-0.3, -0.25) is 0 Å². The number of benzene rings is 1. The molecule has 94 valence electrons. The number of ether oxygens (including phenoxy) is 1. The molecule has 1 aromatic carbocycles. The van der Waals surface area contributed by atoms with E-state index < -0.39 is 0 Å². The molecule has 1 aromatic heterocycles. The van der Waals surface area contributed by atoms with Crippen LogP contribution in [0.2, 0.25) is 0 Å². The summed E-state index contributed by atoms with van der Waals surface area (Å²) in [6, 6.07) is 8.99. The molecule has 0 saturated heterocycles. The number of thiazole rings is 1. The van der Waals surface area contributed by atoms with E-state index in [1.807, 2.05) is 11.6 Å². The summed E-state index contributed by atoms with van der Waals surface area (Å²) < 4.78 is 5.29. The molecule has 1 N–H and O–H groups in total. The zero-order valence-corrected chi connectivity index (χ0v) is 11.1. The van der Waals surface area contributed by atoms with E-state index >= 15 is 0 Å². The molecular weight excluding hydrogens is 244 g/mol. The lowest BCUT2D eigenvalue weighted by Crippen LogP contribution is -2.40. The topological polar surface area (TPSA) is 34.1 Å². The van der Waals surface area contributed by atoms with Gasteiger partial charge in [-0.15, -0.1) is 11.3 Å². The monoisotopic (exact) mass is 260 g/mol. The van der Waals surface area contributed by atoms with Crippen LogP contribution in [-0.2, 0) is 4.74 Å². The fraction of sp³-hybridized carbons (Fsp3) is 0.357. The van der Waals surface area contributed by atoms with Gasteiger partial charge in [-0.1, -0.05) is 12.1 Å². The van der Waals surface area contributed by atoms with Crippen LogP contribution in [-0.4, -0.2) is 24.2 Å². The van der Waals surface area contributed by atoms with Gasteiger partial charge in [-0.2, -0.15) is 0 Å². The summed E-state index contributed by atoms with van der Waals surface area (Å²) in [6.07, 6.45) is 4.47. The third kappa shape index (κ3) is 2.40. The zero-order chi connectivity index (χ0) is 12.4. The normalized spacial score (nSPS) is 22.5. The van der Waals surface area contributed by atoms with Crippen molar-refractivity contribution in [3.8, 4) is 10.6 Å². The van der Waals surface area contributed by atoms with Crippen molar-refractivity contribution < 1.29 is 4.74 Å². The molecule has 0 amide bonds. The Balaban J connectivity index is 1.68. The Kier molecular flexibility index (Phi) is 3.30. The Bertz CT molecular complexity index is 506. The highest BCUT2D eigenvalue weighted by Gasteiger charge is 2.28. The average molecular weight is 260 g/mol. The van der Waals surface area contributed by atoms with Crippen LogP contribution in [0.15, 0.2) is 35.8 Å². The van der Waals surface area contributed by atoms with Crippen LogP contribution in [0, 0.1) is 0 Å². The summed E-state index contributed by atoms with van der Waals surface area (Å²) in [4.78, 5) is 4.34. The van der Waals surface area contributed by atoms with Crippen molar-refractivity contribution in [1.29, 1.82) is 0 Å². The number of nitrogens with zero attached hydrogens (tertiary/aromatic N) is 1. The van der Waals surface area contributed by atoms with Crippen molar-refractivity contribution in [3.05, 3.63) is 35.8 Å². The van der Waals surface area contributed by atoms with E-state index in [4.69, 9.17) is 4.74 Å². The molecule has 2 aromatic rings. The maximum Gasteiger partial charge on any atom is 0.123 e. The van der Waals surface area contributed by atoms with E-state index in [0.29, 0.717) is 12.1 Å². The van der Waals surface area contributed by atoms with Gasteiger partial charge >= 0.3 is 0 Å². The van der Waals surface area contributed by atoms with Gasteiger partial charge in [-0.05, 0) is 25.0 Å². The molecule has 1 heterocycles. The molecule has 0 spiro atoms. The van der Waals surface area contributed by atoms with Gasteiger partial charge in [0.25, 0.3) is 0 Å². The highest BCUT2D eigenvalue weighted by Crippen LogP contribution is 2.29. The van der Waals surface area contributed by atoms with Gasteiger partial charge < -0.3 is 10.1 Å². The van der Waals surface area contributed by atoms with Crippen molar-refractivity contribution in [3.63, 3.8) is 0 Å². The smallest absolute Gasteiger partial charge is 0.123 e. The van der Waals surface area contributed by atoms with Crippen LogP contribution in [0.3, 0.4) is 0 Å². The SMILES string of the molecule is COC1CC(Nc2cccc(-c3nccs3)c2)C1. The van der Waals surface area contributed by atoms with E-state index in [1.165, 1.54) is 11.3 Å². The highest BCUT2D eigenvalue weighted by molar-refractivity contribution is 7.13.